The van der Waals surface area contributed by atoms with E-state index >= 15 is 0 Å². The molecule has 4 heteroatoms. The summed E-state index contributed by atoms with van der Waals surface area (Å²) < 4.78 is 0. The second-order valence-electron chi connectivity index (χ2n) is 9.11. The van der Waals surface area contributed by atoms with Crippen LogP contribution in [0, 0.1) is 12.8 Å². The van der Waals surface area contributed by atoms with Crippen molar-refractivity contribution in [2.24, 2.45) is 5.92 Å². The second-order valence-corrected chi connectivity index (χ2v) is 9.11. The molecule has 0 saturated heterocycles. The lowest BCUT2D eigenvalue weighted by Crippen LogP contribution is -2.40. The van der Waals surface area contributed by atoms with Gasteiger partial charge in [0.15, 0.2) is 5.78 Å². The predicted molar refractivity (Wildman–Crippen MR) is 107 cm³/mol. The standard InChI is InChI=1S/C23H32N2O2/c1-16-8-10-18(11-9-16)15-25-21(12-17-6-4-3-5-7-17)24-19-13-23(2,27)14-20(26)22(19)25/h8-11,17,21,24,27H,3-7,12-15H2,1-2H3. The van der Waals surface area contributed by atoms with E-state index in [-0.39, 0.29) is 18.4 Å². The number of benzene rings is 1. The molecule has 0 spiro atoms. The largest absolute Gasteiger partial charge is 0.389 e. The number of allylic oxidation sites excluding steroid dienone is 1. The van der Waals surface area contributed by atoms with Crippen molar-refractivity contribution in [2.45, 2.75) is 83.5 Å². The fourth-order valence-corrected chi connectivity index (χ4v) is 5.02. The molecule has 1 fully saturated rings. The smallest absolute Gasteiger partial charge is 0.183 e. The van der Waals surface area contributed by atoms with E-state index in [1.165, 1.54) is 43.2 Å². The number of carbonyl (C=O) groups is 1. The maximum Gasteiger partial charge on any atom is 0.183 e. The molecule has 2 aliphatic carbocycles. The van der Waals surface area contributed by atoms with Crippen LogP contribution in [0.5, 0.6) is 0 Å². The summed E-state index contributed by atoms with van der Waals surface area (Å²) in [6.45, 7) is 4.62. The fraction of sp³-hybridized carbons (Fsp3) is 0.609. The summed E-state index contributed by atoms with van der Waals surface area (Å²) in [7, 11) is 0. The van der Waals surface area contributed by atoms with Gasteiger partial charge in [-0.15, -0.1) is 0 Å². The van der Waals surface area contributed by atoms with Crippen LogP contribution in [0.3, 0.4) is 0 Å². The molecule has 1 aromatic carbocycles. The number of ketones is 1. The van der Waals surface area contributed by atoms with Crippen molar-refractivity contribution >= 4 is 5.78 Å². The molecule has 1 heterocycles. The Hall–Kier alpha value is -1.81. The van der Waals surface area contributed by atoms with Crippen LogP contribution in [0.4, 0.5) is 0 Å². The Bertz CT molecular complexity index is 729. The predicted octanol–water partition coefficient (Wildman–Crippen LogP) is 4.02. The lowest BCUT2D eigenvalue weighted by molar-refractivity contribution is -0.122. The quantitative estimate of drug-likeness (QED) is 0.843. The average molecular weight is 369 g/mol. The van der Waals surface area contributed by atoms with Crippen molar-refractivity contribution in [1.82, 2.24) is 10.2 Å². The molecule has 3 aliphatic rings. The van der Waals surface area contributed by atoms with Crippen molar-refractivity contribution in [3.05, 3.63) is 46.8 Å². The van der Waals surface area contributed by atoms with Gasteiger partial charge >= 0.3 is 0 Å². The molecular formula is C23H32N2O2. The Balaban J connectivity index is 1.58. The zero-order chi connectivity index (χ0) is 19.0. The third-order valence-electron chi connectivity index (χ3n) is 6.41. The summed E-state index contributed by atoms with van der Waals surface area (Å²) in [6, 6.07) is 8.60. The number of carbonyl (C=O) groups excluding carboxylic acids is 1. The first-order valence-electron chi connectivity index (χ1n) is 10.5. The van der Waals surface area contributed by atoms with Gasteiger partial charge in [-0.05, 0) is 31.7 Å². The zero-order valence-electron chi connectivity index (χ0n) is 16.6. The Morgan fingerprint density at radius 2 is 1.85 bits per heavy atom. The van der Waals surface area contributed by atoms with Crippen molar-refractivity contribution in [1.29, 1.82) is 0 Å². The third-order valence-corrected chi connectivity index (χ3v) is 6.41. The molecule has 1 aromatic rings. The molecule has 0 amide bonds. The molecule has 27 heavy (non-hydrogen) atoms. The molecule has 1 aliphatic heterocycles. The Labute approximate surface area is 162 Å². The number of Topliss-reactive ketones (excluding diaryl/α,β-unsaturated/α-hetero) is 1. The summed E-state index contributed by atoms with van der Waals surface area (Å²) in [4.78, 5) is 15.2. The third kappa shape index (κ3) is 4.06. The molecule has 0 radical (unpaired) electrons. The molecule has 4 nitrogen and oxygen atoms in total. The monoisotopic (exact) mass is 368 g/mol. The van der Waals surface area contributed by atoms with Crippen LogP contribution in [0.2, 0.25) is 0 Å². The van der Waals surface area contributed by atoms with E-state index in [0.717, 1.165) is 30.3 Å². The van der Waals surface area contributed by atoms with Crippen LogP contribution < -0.4 is 5.32 Å². The van der Waals surface area contributed by atoms with Crippen molar-refractivity contribution in [2.75, 3.05) is 0 Å². The lowest BCUT2D eigenvalue weighted by Gasteiger charge is -2.33. The molecule has 2 unspecified atom stereocenters. The summed E-state index contributed by atoms with van der Waals surface area (Å²) in [6.07, 6.45) is 8.61. The molecule has 2 N–H and O–H groups in total. The topological polar surface area (TPSA) is 52.6 Å². The second kappa shape index (κ2) is 7.31. The highest BCUT2D eigenvalue weighted by Gasteiger charge is 2.43. The fourth-order valence-electron chi connectivity index (χ4n) is 5.02. The molecule has 4 rings (SSSR count). The van der Waals surface area contributed by atoms with Gasteiger partial charge in [-0.3, -0.25) is 4.79 Å². The number of hydrogen-bond donors (Lipinski definition) is 2. The Kier molecular flexibility index (Phi) is 5.02. The first kappa shape index (κ1) is 18.5. The Morgan fingerprint density at radius 1 is 1.15 bits per heavy atom. The van der Waals surface area contributed by atoms with Crippen molar-refractivity contribution in [3.8, 4) is 0 Å². The zero-order valence-corrected chi connectivity index (χ0v) is 16.6. The van der Waals surface area contributed by atoms with Gasteiger partial charge < -0.3 is 15.3 Å². The number of aryl methyl sites for hydroxylation is 1. The van der Waals surface area contributed by atoms with Gasteiger partial charge in [0.2, 0.25) is 0 Å². The van der Waals surface area contributed by atoms with Crippen LogP contribution in [-0.4, -0.2) is 27.6 Å². The first-order chi connectivity index (χ1) is 12.9. The lowest BCUT2D eigenvalue weighted by atomic mass is 9.86. The van der Waals surface area contributed by atoms with Gasteiger partial charge in [0, 0.05) is 25.1 Å². The van der Waals surface area contributed by atoms with Gasteiger partial charge in [0.05, 0.1) is 11.8 Å². The van der Waals surface area contributed by atoms with Crippen LogP contribution in [0.25, 0.3) is 0 Å². The highest BCUT2D eigenvalue weighted by molar-refractivity contribution is 5.97. The van der Waals surface area contributed by atoms with E-state index in [0.29, 0.717) is 6.42 Å². The summed E-state index contributed by atoms with van der Waals surface area (Å²) >= 11 is 0. The molecule has 146 valence electrons. The number of rotatable bonds is 4. The minimum absolute atomic E-state index is 0.0759. The van der Waals surface area contributed by atoms with E-state index < -0.39 is 5.60 Å². The van der Waals surface area contributed by atoms with E-state index in [4.69, 9.17) is 0 Å². The first-order valence-corrected chi connectivity index (χ1v) is 10.5. The molecule has 2 atom stereocenters. The number of nitrogens with zero attached hydrogens (tertiary/aromatic N) is 1. The SMILES string of the molecule is Cc1ccc(CN2C3=C(CC(C)(O)CC3=O)NC2CC2CCCCC2)cc1. The highest BCUT2D eigenvalue weighted by atomic mass is 16.3. The Morgan fingerprint density at radius 3 is 2.56 bits per heavy atom. The van der Waals surface area contributed by atoms with E-state index in [2.05, 4.69) is 41.4 Å². The number of aliphatic hydroxyl groups is 1. The molecular weight excluding hydrogens is 336 g/mol. The van der Waals surface area contributed by atoms with Crippen LogP contribution in [0.1, 0.15) is 69.4 Å². The van der Waals surface area contributed by atoms with E-state index in [1.54, 1.807) is 6.92 Å². The van der Waals surface area contributed by atoms with E-state index in [9.17, 15) is 9.90 Å². The average Bonchev–Trinajstić information content (AvgIpc) is 2.93. The van der Waals surface area contributed by atoms with Gasteiger partial charge in [-0.25, -0.2) is 0 Å². The van der Waals surface area contributed by atoms with E-state index in [1.807, 2.05) is 0 Å². The van der Waals surface area contributed by atoms with Gasteiger partial charge in [-0.2, -0.15) is 0 Å². The molecule has 0 bridgehead atoms. The van der Waals surface area contributed by atoms with Crippen LogP contribution >= 0.6 is 0 Å². The van der Waals surface area contributed by atoms with Crippen LogP contribution in [0.15, 0.2) is 35.7 Å². The van der Waals surface area contributed by atoms with Crippen molar-refractivity contribution < 1.29 is 9.90 Å². The van der Waals surface area contributed by atoms with Gasteiger partial charge in [0.25, 0.3) is 0 Å². The highest BCUT2D eigenvalue weighted by Crippen LogP contribution is 2.39. The minimum Gasteiger partial charge on any atom is -0.389 e. The molecule has 1 saturated carbocycles. The summed E-state index contributed by atoms with van der Waals surface area (Å²) in [5.41, 5.74) is 3.32. The minimum atomic E-state index is -0.932. The summed E-state index contributed by atoms with van der Waals surface area (Å²) in [5.74, 6) is 0.806. The number of nitrogens with one attached hydrogen (secondary N) is 1. The normalized spacial score (nSPS) is 29.1. The molecule has 0 aromatic heterocycles. The maximum absolute atomic E-state index is 12.9. The van der Waals surface area contributed by atoms with Crippen LogP contribution in [-0.2, 0) is 11.3 Å². The number of hydrogen-bond acceptors (Lipinski definition) is 4. The van der Waals surface area contributed by atoms with Gasteiger partial charge in [0.1, 0.15) is 5.70 Å². The van der Waals surface area contributed by atoms with Crippen molar-refractivity contribution in [3.63, 3.8) is 0 Å². The van der Waals surface area contributed by atoms with Gasteiger partial charge in [-0.1, -0.05) is 61.9 Å². The maximum atomic E-state index is 12.9. The summed E-state index contributed by atoms with van der Waals surface area (Å²) in [5, 5.41) is 14.1.